The summed E-state index contributed by atoms with van der Waals surface area (Å²) in [5.74, 6) is -1.20. The Morgan fingerprint density at radius 3 is 2.49 bits per heavy atom. The third kappa shape index (κ3) is 7.45. The molecule has 0 atom stereocenters. The lowest BCUT2D eigenvalue weighted by Gasteiger charge is -2.33. The van der Waals surface area contributed by atoms with Crippen molar-refractivity contribution in [2.45, 2.75) is 31.5 Å². The molecule has 15 heteroatoms. The van der Waals surface area contributed by atoms with Gasteiger partial charge in [-0.1, -0.05) is 29.8 Å². The standard InChI is InChI=1S/C32H29ClF5N7O2/c33-24-16-39-8-5-27(24)41-30-22(19-6-9-44(10-7-19)18-32(36,37)38)15-40-31(42-30)29-21-3-1-2-4-28(21)45(43-29)17-23-25(34)13-20(14-26(23)35)47-12-11-46/h1-5,8,13-16,19,46H,6-7,9-12,17-18H2,(H,39,40,41,42). The van der Waals surface area contributed by atoms with Gasteiger partial charge in [0.15, 0.2) is 5.82 Å². The van der Waals surface area contributed by atoms with Crippen LogP contribution in [0, 0.1) is 11.6 Å². The maximum atomic E-state index is 15.0. The molecule has 2 aromatic carbocycles. The van der Waals surface area contributed by atoms with Crippen molar-refractivity contribution >= 4 is 34.0 Å². The Labute approximate surface area is 271 Å². The van der Waals surface area contributed by atoms with Crippen molar-refractivity contribution in [2.75, 3.05) is 38.2 Å². The SMILES string of the molecule is OCCOc1cc(F)c(Cn2nc(-c3ncc(C4CCN(CC(F)(F)F)CC4)c(Nc4ccncc4Cl)n3)c3ccccc32)c(F)c1. The van der Waals surface area contributed by atoms with E-state index in [4.69, 9.17) is 26.4 Å². The van der Waals surface area contributed by atoms with Crippen molar-refractivity contribution in [3.8, 4) is 17.3 Å². The van der Waals surface area contributed by atoms with Gasteiger partial charge in [0, 0.05) is 47.2 Å². The van der Waals surface area contributed by atoms with Crippen molar-refractivity contribution < 1.29 is 31.8 Å². The van der Waals surface area contributed by atoms with Gasteiger partial charge in [-0.25, -0.2) is 18.7 Å². The predicted octanol–water partition coefficient (Wildman–Crippen LogP) is 6.72. The Morgan fingerprint density at radius 1 is 1.04 bits per heavy atom. The lowest BCUT2D eigenvalue weighted by Crippen LogP contribution is -2.39. The van der Waals surface area contributed by atoms with Gasteiger partial charge >= 0.3 is 6.18 Å². The van der Waals surface area contributed by atoms with Gasteiger partial charge in [-0.2, -0.15) is 18.3 Å². The first-order valence-corrected chi connectivity index (χ1v) is 15.2. The molecule has 0 radical (unpaired) electrons. The van der Waals surface area contributed by atoms with Gasteiger partial charge in [-0.15, -0.1) is 0 Å². The van der Waals surface area contributed by atoms with E-state index in [2.05, 4.69) is 20.4 Å². The van der Waals surface area contributed by atoms with Gasteiger partial charge in [0.2, 0.25) is 0 Å². The van der Waals surface area contributed by atoms with E-state index in [1.807, 2.05) is 0 Å². The number of nitrogens with zero attached hydrogens (tertiary/aromatic N) is 6. The molecule has 0 amide bonds. The number of fused-ring (bicyclic) bond motifs is 1. The molecule has 3 aromatic heterocycles. The van der Waals surface area contributed by atoms with E-state index >= 15 is 8.78 Å². The first-order chi connectivity index (χ1) is 22.6. The average molecular weight is 674 g/mol. The number of likely N-dealkylation sites (tertiary alicyclic amines) is 1. The third-order valence-corrected chi connectivity index (χ3v) is 8.23. The van der Waals surface area contributed by atoms with Crippen LogP contribution in [0.2, 0.25) is 5.02 Å². The molecule has 0 saturated carbocycles. The van der Waals surface area contributed by atoms with Gasteiger partial charge in [0.25, 0.3) is 0 Å². The maximum Gasteiger partial charge on any atom is 0.401 e. The highest BCUT2D eigenvalue weighted by atomic mass is 35.5. The zero-order chi connectivity index (χ0) is 33.1. The summed E-state index contributed by atoms with van der Waals surface area (Å²) in [6.45, 7) is -1.09. The summed E-state index contributed by atoms with van der Waals surface area (Å²) < 4.78 is 75.7. The highest BCUT2D eigenvalue weighted by Gasteiger charge is 2.33. The number of hydrogen-bond acceptors (Lipinski definition) is 8. The van der Waals surface area contributed by atoms with Crippen molar-refractivity contribution in [3.63, 3.8) is 0 Å². The van der Waals surface area contributed by atoms with Gasteiger partial charge in [0.05, 0.1) is 35.9 Å². The number of nitrogens with one attached hydrogen (secondary N) is 1. The summed E-state index contributed by atoms with van der Waals surface area (Å²) in [6.07, 6.45) is 1.34. The quantitative estimate of drug-likeness (QED) is 0.158. The van der Waals surface area contributed by atoms with Crippen molar-refractivity contribution in [2.24, 2.45) is 0 Å². The van der Waals surface area contributed by atoms with Crippen molar-refractivity contribution in [1.82, 2.24) is 29.6 Å². The molecule has 2 N–H and O–H groups in total. The smallest absolute Gasteiger partial charge is 0.401 e. The molecule has 0 unspecified atom stereocenters. The van der Waals surface area contributed by atoms with Crippen molar-refractivity contribution in [3.05, 3.63) is 88.8 Å². The number of aliphatic hydroxyl groups excluding tert-OH is 1. The van der Waals surface area contributed by atoms with Crippen LogP contribution in [-0.4, -0.2) is 73.8 Å². The summed E-state index contributed by atoms with van der Waals surface area (Å²) in [5.41, 5.74) is 1.95. The highest BCUT2D eigenvalue weighted by molar-refractivity contribution is 6.33. The molecule has 246 valence electrons. The fourth-order valence-corrected chi connectivity index (χ4v) is 5.87. The first kappa shape index (κ1) is 32.5. The number of benzene rings is 2. The average Bonchev–Trinajstić information content (AvgIpc) is 3.41. The van der Waals surface area contributed by atoms with Crippen LogP contribution in [0.4, 0.5) is 33.5 Å². The van der Waals surface area contributed by atoms with Crippen LogP contribution in [0.15, 0.2) is 61.1 Å². The molecule has 1 saturated heterocycles. The Bertz CT molecular complexity index is 1860. The minimum absolute atomic E-state index is 0.0438. The molecule has 4 heterocycles. The second kappa shape index (κ2) is 13.8. The fraction of sp³-hybridized carbons (Fsp3) is 0.312. The van der Waals surface area contributed by atoms with Crippen LogP contribution in [-0.2, 0) is 6.54 Å². The predicted molar refractivity (Wildman–Crippen MR) is 166 cm³/mol. The lowest BCUT2D eigenvalue weighted by molar-refractivity contribution is -0.147. The van der Waals surface area contributed by atoms with Crippen LogP contribution in [0.3, 0.4) is 0 Å². The largest absolute Gasteiger partial charge is 0.491 e. The monoisotopic (exact) mass is 673 g/mol. The Morgan fingerprint density at radius 2 is 1.79 bits per heavy atom. The molecule has 1 fully saturated rings. The summed E-state index contributed by atoms with van der Waals surface area (Å²) in [6, 6.07) is 10.9. The molecule has 6 rings (SSSR count). The number of alkyl halides is 3. The summed E-state index contributed by atoms with van der Waals surface area (Å²) in [7, 11) is 0. The number of pyridine rings is 1. The topological polar surface area (TPSA) is 101 Å². The molecule has 1 aliphatic rings. The summed E-state index contributed by atoms with van der Waals surface area (Å²) >= 11 is 6.39. The number of para-hydroxylation sites is 1. The number of piperidine rings is 1. The van der Waals surface area contributed by atoms with Gasteiger partial charge in [-0.05, 0) is 44.0 Å². The summed E-state index contributed by atoms with van der Waals surface area (Å²) in [4.78, 5) is 14.9. The van der Waals surface area contributed by atoms with E-state index in [9.17, 15) is 13.2 Å². The van der Waals surface area contributed by atoms with E-state index in [0.717, 1.165) is 12.1 Å². The van der Waals surface area contributed by atoms with Crippen LogP contribution in [0.25, 0.3) is 22.4 Å². The van der Waals surface area contributed by atoms with Crippen LogP contribution in [0.1, 0.15) is 29.9 Å². The highest BCUT2D eigenvalue weighted by Crippen LogP contribution is 2.37. The van der Waals surface area contributed by atoms with Gasteiger partial charge in [-0.3, -0.25) is 14.6 Å². The number of hydrogen-bond donors (Lipinski definition) is 2. The van der Waals surface area contributed by atoms with Gasteiger partial charge in [0.1, 0.15) is 35.5 Å². The Hall–Kier alpha value is -4.40. The summed E-state index contributed by atoms with van der Waals surface area (Å²) in [5, 5.41) is 17.9. The number of halogens is 6. The minimum Gasteiger partial charge on any atom is -0.491 e. The Kier molecular flexibility index (Phi) is 9.52. The minimum atomic E-state index is -4.27. The number of rotatable bonds is 10. The normalized spacial score (nSPS) is 14.5. The third-order valence-electron chi connectivity index (χ3n) is 7.93. The molecule has 9 nitrogen and oxygen atoms in total. The maximum absolute atomic E-state index is 15.0. The van der Waals surface area contributed by atoms with E-state index in [1.54, 1.807) is 42.7 Å². The molecule has 0 bridgehead atoms. The number of aliphatic hydroxyl groups is 1. The fourth-order valence-electron chi connectivity index (χ4n) is 5.70. The molecule has 5 aromatic rings. The number of aromatic nitrogens is 5. The van der Waals surface area contributed by atoms with Crippen LogP contribution >= 0.6 is 11.6 Å². The van der Waals surface area contributed by atoms with E-state index in [0.29, 0.717) is 51.5 Å². The van der Waals surface area contributed by atoms with E-state index in [1.165, 1.54) is 15.8 Å². The molecular weight excluding hydrogens is 645 g/mol. The van der Waals surface area contributed by atoms with Crippen LogP contribution < -0.4 is 10.1 Å². The molecule has 0 spiro atoms. The first-order valence-electron chi connectivity index (χ1n) is 14.8. The zero-order valence-electron chi connectivity index (χ0n) is 24.8. The van der Waals surface area contributed by atoms with Crippen molar-refractivity contribution in [1.29, 1.82) is 0 Å². The molecular formula is C32H29ClF5N7O2. The number of anilines is 2. The van der Waals surface area contributed by atoms with Crippen LogP contribution in [0.5, 0.6) is 5.75 Å². The second-order valence-electron chi connectivity index (χ2n) is 11.1. The molecule has 47 heavy (non-hydrogen) atoms. The Balaban J connectivity index is 1.36. The number of ether oxygens (including phenoxy) is 1. The lowest BCUT2D eigenvalue weighted by atomic mass is 9.90. The van der Waals surface area contributed by atoms with E-state index < -0.39 is 24.4 Å². The second-order valence-corrected chi connectivity index (χ2v) is 11.5. The zero-order valence-corrected chi connectivity index (χ0v) is 25.6. The molecule has 0 aliphatic carbocycles. The molecule has 1 aliphatic heterocycles. The van der Waals surface area contributed by atoms with Gasteiger partial charge < -0.3 is 15.2 Å². The van der Waals surface area contributed by atoms with E-state index in [-0.39, 0.29) is 55.9 Å².